The van der Waals surface area contributed by atoms with Gasteiger partial charge in [-0.15, -0.1) is 0 Å². The Morgan fingerprint density at radius 2 is 2.04 bits per heavy atom. The molecule has 2 saturated carbocycles. The summed E-state index contributed by atoms with van der Waals surface area (Å²) >= 11 is 0. The van der Waals surface area contributed by atoms with Crippen molar-refractivity contribution in [3.63, 3.8) is 0 Å². The number of hydrogen-bond acceptors (Lipinski definition) is 4. The van der Waals surface area contributed by atoms with Crippen molar-refractivity contribution in [2.45, 2.75) is 44.3 Å². The van der Waals surface area contributed by atoms with Crippen LogP contribution in [0.15, 0.2) is 30.5 Å². The molecule has 2 aliphatic carbocycles. The number of carbonyl (C=O) groups excluding carboxylic acids is 1. The van der Waals surface area contributed by atoms with Crippen LogP contribution in [-0.2, 0) is 4.79 Å². The second-order valence-corrected chi connectivity index (χ2v) is 6.50. The van der Waals surface area contributed by atoms with Crippen LogP contribution in [0.1, 0.15) is 32.1 Å². The third-order valence-corrected chi connectivity index (χ3v) is 4.60. The highest BCUT2D eigenvalue weighted by Crippen LogP contribution is 2.31. The quantitative estimate of drug-likeness (QED) is 0.910. The fraction of sp³-hybridized carbons (Fsp3) is 0.444. The van der Waals surface area contributed by atoms with Gasteiger partial charge in [0.05, 0.1) is 6.10 Å². The van der Waals surface area contributed by atoms with Crippen LogP contribution in [0.4, 0.5) is 5.82 Å². The molecule has 1 aromatic carbocycles. The predicted octanol–water partition coefficient (Wildman–Crippen LogP) is 2.88. The lowest BCUT2D eigenvalue weighted by Crippen LogP contribution is -2.25. The van der Waals surface area contributed by atoms with E-state index >= 15 is 0 Å². The molecule has 5 heteroatoms. The molecule has 2 fully saturated rings. The van der Waals surface area contributed by atoms with Crippen LogP contribution in [0.2, 0.25) is 0 Å². The lowest BCUT2D eigenvalue weighted by molar-refractivity contribution is -0.117. The minimum Gasteiger partial charge on any atom is -0.488 e. The second kappa shape index (κ2) is 5.81. The SMILES string of the molecule is O=C(Nc1cc2ccc(O[C@H]3CCC[C@@H]3O)cc2cn1)C1CC1. The standard InChI is InChI=1S/C18H20N2O3/c21-15-2-1-3-16(15)23-14-7-6-12-9-17(19-10-13(12)8-14)20-18(22)11-4-5-11/h6-11,15-16,21H,1-5H2,(H,19,20,22)/t15-,16-/m0/s1. The van der Waals surface area contributed by atoms with Gasteiger partial charge >= 0.3 is 0 Å². The van der Waals surface area contributed by atoms with E-state index < -0.39 is 0 Å². The largest absolute Gasteiger partial charge is 0.488 e. The zero-order chi connectivity index (χ0) is 15.8. The summed E-state index contributed by atoms with van der Waals surface area (Å²) < 4.78 is 5.88. The zero-order valence-corrected chi connectivity index (χ0v) is 12.9. The Bertz CT molecular complexity index is 742. The van der Waals surface area contributed by atoms with E-state index in [4.69, 9.17) is 4.74 Å². The summed E-state index contributed by atoms with van der Waals surface area (Å²) in [6, 6.07) is 7.67. The minimum atomic E-state index is -0.371. The predicted molar refractivity (Wildman–Crippen MR) is 87.4 cm³/mol. The topological polar surface area (TPSA) is 71.5 Å². The van der Waals surface area contributed by atoms with Gasteiger partial charge in [0.2, 0.25) is 5.91 Å². The van der Waals surface area contributed by atoms with Crippen molar-refractivity contribution < 1.29 is 14.6 Å². The summed E-state index contributed by atoms with van der Waals surface area (Å²) in [6.45, 7) is 0. The normalized spacial score (nSPS) is 23.9. The highest BCUT2D eigenvalue weighted by Gasteiger charge is 2.30. The molecular formula is C18H20N2O3. The maximum absolute atomic E-state index is 11.8. The lowest BCUT2D eigenvalue weighted by Gasteiger charge is -2.17. The Kier molecular flexibility index (Phi) is 3.65. The van der Waals surface area contributed by atoms with Crippen LogP contribution >= 0.6 is 0 Å². The van der Waals surface area contributed by atoms with Crippen molar-refractivity contribution in [3.05, 3.63) is 30.5 Å². The molecule has 2 aliphatic rings. The van der Waals surface area contributed by atoms with Crippen molar-refractivity contribution in [2.24, 2.45) is 5.92 Å². The number of nitrogens with one attached hydrogen (secondary N) is 1. The highest BCUT2D eigenvalue weighted by atomic mass is 16.5. The highest BCUT2D eigenvalue weighted by molar-refractivity contribution is 5.95. The van der Waals surface area contributed by atoms with Crippen LogP contribution in [0.5, 0.6) is 5.75 Å². The molecular weight excluding hydrogens is 292 g/mol. The van der Waals surface area contributed by atoms with Gasteiger partial charge in [-0.3, -0.25) is 4.79 Å². The number of pyridine rings is 1. The second-order valence-electron chi connectivity index (χ2n) is 6.50. The molecule has 0 bridgehead atoms. The lowest BCUT2D eigenvalue weighted by atomic mass is 10.1. The summed E-state index contributed by atoms with van der Waals surface area (Å²) in [5.74, 6) is 1.57. The number of aliphatic hydroxyl groups is 1. The first kappa shape index (κ1) is 14.5. The number of anilines is 1. The average Bonchev–Trinajstić information content (AvgIpc) is 3.32. The van der Waals surface area contributed by atoms with Gasteiger partial charge in [-0.2, -0.15) is 0 Å². The number of benzene rings is 1. The van der Waals surface area contributed by atoms with Gasteiger partial charge in [0.1, 0.15) is 17.7 Å². The summed E-state index contributed by atoms with van der Waals surface area (Å²) in [6.07, 6.45) is 5.93. The number of rotatable bonds is 4. The van der Waals surface area contributed by atoms with Gasteiger partial charge in [-0.05, 0) is 55.7 Å². The van der Waals surface area contributed by atoms with Crippen molar-refractivity contribution in [1.82, 2.24) is 4.98 Å². The van der Waals surface area contributed by atoms with E-state index in [0.29, 0.717) is 5.82 Å². The summed E-state index contributed by atoms with van der Waals surface area (Å²) in [5.41, 5.74) is 0. The van der Waals surface area contributed by atoms with Gasteiger partial charge in [-0.1, -0.05) is 6.07 Å². The first-order valence-corrected chi connectivity index (χ1v) is 8.24. The smallest absolute Gasteiger partial charge is 0.228 e. The average molecular weight is 312 g/mol. The van der Waals surface area contributed by atoms with Crippen LogP contribution in [-0.4, -0.2) is 28.2 Å². The molecule has 0 unspecified atom stereocenters. The van der Waals surface area contributed by atoms with E-state index in [0.717, 1.165) is 48.6 Å². The first-order valence-electron chi connectivity index (χ1n) is 8.24. The summed E-state index contributed by atoms with van der Waals surface area (Å²) in [7, 11) is 0. The van der Waals surface area contributed by atoms with E-state index in [1.165, 1.54) is 0 Å². The van der Waals surface area contributed by atoms with E-state index in [1.807, 2.05) is 24.3 Å². The number of amides is 1. The van der Waals surface area contributed by atoms with Crippen LogP contribution in [0.25, 0.3) is 10.8 Å². The number of nitrogens with zero attached hydrogens (tertiary/aromatic N) is 1. The van der Waals surface area contributed by atoms with Crippen molar-refractivity contribution in [2.75, 3.05) is 5.32 Å². The third kappa shape index (κ3) is 3.15. The van der Waals surface area contributed by atoms with Crippen molar-refractivity contribution in [1.29, 1.82) is 0 Å². The van der Waals surface area contributed by atoms with Crippen molar-refractivity contribution >= 4 is 22.5 Å². The Morgan fingerprint density at radius 3 is 2.78 bits per heavy atom. The molecule has 0 saturated heterocycles. The Hall–Kier alpha value is -2.14. The maximum Gasteiger partial charge on any atom is 0.228 e. The fourth-order valence-electron chi connectivity index (χ4n) is 3.05. The zero-order valence-electron chi connectivity index (χ0n) is 12.9. The summed E-state index contributed by atoms with van der Waals surface area (Å²) in [4.78, 5) is 16.1. The molecule has 5 nitrogen and oxygen atoms in total. The van der Waals surface area contributed by atoms with Crippen LogP contribution in [0.3, 0.4) is 0 Å². The number of hydrogen-bond donors (Lipinski definition) is 2. The third-order valence-electron chi connectivity index (χ3n) is 4.60. The summed E-state index contributed by atoms with van der Waals surface area (Å²) in [5, 5.41) is 14.7. The van der Waals surface area contributed by atoms with Crippen LogP contribution in [0, 0.1) is 5.92 Å². The van der Waals surface area contributed by atoms with Gasteiger partial charge in [0.25, 0.3) is 0 Å². The molecule has 4 rings (SSSR count). The monoisotopic (exact) mass is 312 g/mol. The Morgan fingerprint density at radius 1 is 1.17 bits per heavy atom. The van der Waals surface area contributed by atoms with E-state index in [-0.39, 0.29) is 24.0 Å². The molecule has 1 amide bonds. The molecule has 2 aromatic rings. The molecule has 0 radical (unpaired) electrons. The number of fused-ring (bicyclic) bond motifs is 1. The molecule has 2 atom stereocenters. The van der Waals surface area contributed by atoms with E-state index in [1.54, 1.807) is 6.20 Å². The fourth-order valence-corrected chi connectivity index (χ4v) is 3.05. The first-order chi connectivity index (χ1) is 11.2. The molecule has 120 valence electrons. The molecule has 0 aliphatic heterocycles. The minimum absolute atomic E-state index is 0.0621. The van der Waals surface area contributed by atoms with Gasteiger partial charge in [0.15, 0.2) is 0 Å². The number of aliphatic hydroxyl groups excluding tert-OH is 1. The van der Waals surface area contributed by atoms with E-state index in [2.05, 4.69) is 10.3 Å². The van der Waals surface area contributed by atoms with Gasteiger partial charge in [0, 0.05) is 17.5 Å². The van der Waals surface area contributed by atoms with Gasteiger partial charge < -0.3 is 15.2 Å². The molecule has 1 heterocycles. The molecule has 1 aromatic heterocycles. The molecule has 2 N–H and O–H groups in total. The Labute approximate surface area is 134 Å². The van der Waals surface area contributed by atoms with Crippen molar-refractivity contribution in [3.8, 4) is 5.75 Å². The number of aromatic nitrogens is 1. The maximum atomic E-state index is 11.8. The van der Waals surface area contributed by atoms with E-state index in [9.17, 15) is 9.90 Å². The number of ether oxygens (including phenoxy) is 1. The molecule has 0 spiro atoms. The van der Waals surface area contributed by atoms with Gasteiger partial charge in [-0.25, -0.2) is 4.98 Å². The molecule has 23 heavy (non-hydrogen) atoms. The Balaban J connectivity index is 1.51. The number of carbonyl (C=O) groups is 1. The van der Waals surface area contributed by atoms with Crippen LogP contribution < -0.4 is 10.1 Å².